The molecule has 0 unspecified atom stereocenters. The Balaban J connectivity index is 1.51. The normalized spacial score (nSPS) is 16.2. The Kier molecular flexibility index (Phi) is 8.07. The molecule has 1 fully saturated rings. The summed E-state index contributed by atoms with van der Waals surface area (Å²) in [5.74, 6) is 1.41. The standard InChI is InChI=1S/C20H25N3O3S2/c1-2-24-19-11-15(7-8-18(19)26-14-17-6-4-10-28-17)12-22-23-20(27)21-13-16-5-3-9-25-16/h4,6-8,10-12,16H,2-3,5,9,13-14H2,1H3,(H2,21,23,27)/b22-12-/t16-/m0/s1. The van der Waals surface area contributed by atoms with E-state index in [1.807, 2.05) is 42.6 Å². The van der Waals surface area contributed by atoms with E-state index in [4.69, 9.17) is 26.4 Å². The highest BCUT2D eigenvalue weighted by Crippen LogP contribution is 2.29. The van der Waals surface area contributed by atoms with Gasteiger partial charge in [-0.3, -0.25) is 5.43 Å². The summed E-state index contributed by atoms with van der Waals surface area (Å²) in [4.78, 5) is 1.17. The average molecular weight is 420 g/mol. The van der Waals surface area contributed by atoms with Crippen LogP contribution in [0.15, 0.2) is 40.8 Å². The number of benzene rings is 1. The number of nitrogens with one attached hydrogen (secondary N) is 2. The second kappa shape index (κ2) is 11.0. The van der Waals surface area contributed by atoms with E-state index in [9.17, 15) is 0 Å². The third kappa shape index (κ3) is 6.47. The van der Waals surface area contributed by atoms with Crippen LogP contribution in [-0.2, 0) is 11.3 Å². The summed E-state index contributed by atoms with van der Waals surface area (Å²) in [6.45, 7) is 4.57. The second-order valence-corrected chi connectivity index (χ2v) is 7.66. The van der Waals surface area contributed by atoms with Crippen molar-refractivity contribution >= 4 is 34.9 Å². The number of thiophene rings is 1. The quantitative estimate of drug-likeness (QED) is 0.367. The summed E-state index contributed by atoms with van der Waals surface area (Å²) in [6, 6.07) is 9.79. The Hall–Kier alpha value is -2.16. The van der Waals surface area contributed by atoms with Crippen LogP contribution >= 0.6 is 23.6 Å². The molecule has 1 saturated heterocycles. The molecule has 150 valence electrons. The smallest absolute Gasteiger partial charge is 0.187 e. The Morgan fingerprint density at radius 1 is 1.36 bits per heavy atom. The number of hydrogen-bond acceptors (Lipinski definition) is 6. The van der Waals surface area contributed by atoms with Gasteiger partial charge in [-0.25, -0.2) is 0 Å². The molecule has 0 saturated carbocycles. The number of hydrazone groups is 1. The van der Waals surface area contributed by atoms with Gasteiger partial charge in [-0.05, 0) is 67.2 Å². The molecule has 28 heavy (non-hydrogen) atoms. The van der Waals surface area contributed by atoms with E-state index in [0.717, 1.165) is 25.0 Å². The molecule has 2 N–H and O–H groups in total. The first kappa shape index (κ1) is 20.6. The summed E-state index contributed by atoms with van der Waals surface area (Å²) >= 11 is 6.90. The van der Waals surface area contributed by atoms with Gasteiger partial charge in [0, 0.05) is 18.0 Å². The minimum Gasteiger partial charge on any atom is -0.490 e. The maximum atomic E-state index is 5.90. The van der Waals surface area contributed by atoms with Crippen molar-refractivity contribution in [2.75, 3.05) is 19.8 Å². The number of thiocarbonyl (C=S) groups is 1. The number of rotatable bonds is 9. The van der Waals surface area contributed by atoms with Crippen molar-refractivity contribution in [3.8, 4) is 11.5 Å². The lowest BCUT2D eigenvalue weighted by molar-refractivity contribution is 0.114. The molecule has 1 aromatic carbocycles. The fourth-order valence-corrected chi connectivity index (χ4v) is 3.50. The third-order valence-electron chi connectivity index (χ3n) is 4.11. The Bertz CT molecular complexity index is 775. The molecular formula is C20H25N3O3S2. The van der Waals surface area contributed by atoms with E-state index in [1.165, 1.54) is 4.88 Å². The van der Waals surface area contributed by atoms with Crippen molar-refractivity contribution in [2.24, 2.45) is 5.10 Å². The summed E-state index contributed by atoms with van der Waals surface area (Å²) in [6.07, 6.45) is 4.12. The van der Waals surface area contributed by atoms with E-state index in [1.54, 1.807) is 17.6 Å². The highest BCUT2D eigenvalue weighted by Gasteiger charge is 2.15. The number of nitrogens with zero attached hydrogens (tertiary/aromatic N) is 1. The van der Waals surface area contributed by atoms with E-state index in [2.05, 4.69) is 15.8 Å². The highest BCUT2D eigenvalue weighted by molar-refractivity contribution is 7.80. The fraction of sp³-hybridized carbons (Fsp3) is 0.400. The maximum Gasteiger partial charge on any atom is 0.187 e. The fourth-order valence-electron chi connectivity index (χ4n) is 2.75. The highest BCUT2D eigenvalue weighted by atomic mass is 32.1. The van der Waals surface area contributed by atoms with Crippen LogP contribution in [0.25, 0.3) is 0 Å². The molecule has 8 heteroatoms. The number of hydrogen-bond donors (Lipinski definition) is 2. The van der Waals surface area contributed by atoms with Gasteiger partial charge < -0.3 is 19.5 Å². The molecule has 0 bridgehead atoms. The van der Waals surface area contributed by atoms with E-state index < -0.39 is 0 Å². The van der Waals surface area contributed by atoms with Gasteiger partial charge in [0.05, 0.1) is 18.9 Å². The van der Waals surface area contributed by atoms with Gasteiger partial charge in [0.2, 0.25) is 0 Å². The van der Waals surface area contributed by atoms with Crippen molar-refractivity contribution in [3.05, 3.63) is 46.2 Å². The Labute approximate surface area is 174 Å². The van der Waals surface area contributed by atoms with Crippen LogP contribution in [0.5, 0.6) is 11.5 Å². The lowest BCUT2D eigenvalue weighted by Gasteiger charge is -2.12. The largest absolute Gasteiger partial charge is 0.490 e. The van der Waals surface area contributed by atoms with Crippen LogP contribution in [0.2, 0.25) is 0 Å². The third-order valence-corrected chi connectivity index (χ3v) is 5.20. The van der Waals surface area contributed by atoms with Crippen molar-refractivity contribution in [1.82, 2.24) is 10.7 Å². The zero-order chi connectivity index (χ0) is 19.6. The first-order valence-electron chi connectivity index (χ1n) is 9.35. The van der Waals surface area contributed by atoms with Gasteiger partial charge in [0.15, 0.2) is 16.6 Å². The van der Waals surface area contributed by atoms with Crippen LogP contribution in [0.4, 0.5) is 0 Å². The van der Waals surface area contributed by atoms with E-state index >= 15 is 0 Å². The SMILES string of the molecule is CCOc1cc(/C=N\NC(=S)NC[C@@H]2CCCO2)ccc1OCc1cccs1. The minimum absolute atomic E-state index is 0.235. The monoisotopic (exact) mass is 419 g/mol. The first-order valence-corrected chi connectivity index (χ1v) is 10.6. The Morgan fingerprint density at radius 2 is 2.29 bits per heavy atom. The topological polar surface area (TPSA) is 64.1 Å². The molecule has 0 radical (unpaired) electrons. The van der Waals surface area contributed by atoms with Crippen molar-refractivity contribution in [2.45, 2.75) is 32.5 Å². The van der Waals surface area contributed by atoms with Gasteiger partial charge in [-0.1, -0.05) is 6.07 Å². The molecule has 1 aromatic heterocycles. The van der Waals surface area contributed by atoms with Gasteiger partial charge >= 0.3 is 0 Å². The molecule has 1 atom stereocenters. The molecule has 2 heterocycles. The molecule has 2 aromatic rings. The van der Waals surface area contributed by atoms with Gasteiger partial charge in [0.25, 0.3) is 0 Å². The second-order valence-electron chi connectivity index (χ2n) is 6.22. The predicted octanol–water partition coefficient (Wildman–Crippen LogP) is 3.70. The van der Waals surface area contributed by atoms with Gasteiger partial charge in [0.1, 0.15) is 6.61 Å². The van der Waals surface area contributed by atoms with Crippen molar-refractivity contribution in [1.29, 1.82) is 0 Å². The van der Waals surface area contributed by atoms with Crippen LogP contribution < -0.4 is 20.2 Å². The van der Waals surface area contributed by atoms with Gasteiger partial charge in [-0.2, -0.15) is 5.10 Å². The zero-order valence-electron chi connectivity index (χ0n) is 15.8. The van der Waals surface area contributed by atoms with Crippen molar-refractivity contribution < 1.29 is 14.2 Å². The molecule has 3 rings (SSSR count). The van der Waals surface area contributed by atoms with Crippen LogP contribution in [0.1, 0.15) is 30.2 Å². The lowest BCUT2D eigenvalue weighted by Crippen LogP contribution is -2.37. The summed E-state index contributed by atoms with van der Waals surface area (Å²) in [5, 5.41) is 9.83. The lowest BCUT2D eigenvalue weighted by atomic mass is 10.2. The van der Waals surface area contributed by atoms with Crippen LogP contribution in [-0.4, -0.2) is 37.2 Å². The summed E-state index contributed by atoms with van der Waals surface area (Å²) in [7, 11) is 0. The first-order chi connectivity index (χ1) is 13.7. The minimum atomic E-state index is 0.235. The van der Waals surface area contributed by atoms with E-state index in [0.29, 0.717) is 36.4 Å². The number of ether oxygens (including phenoxy) is 3. The summed E-state index contributed by atoms with van der Waals surface area (Å²) < 4.78 is 17.2. The van der Waals surface area contributed by atoms with Gasteiger partial charge in [-0.15, -0.1) is 11.3 Å². The van der Waals surface area contributed by atoms with E-state index in [-0.39, 0.29) is 6.10 Å². The van der Waals surface area contributed by atoms with Crippen molar-refractivity contribution in [3.63, 3.8) is 0 Å². The predicted molar refractivity (Wildman–Crippen MR) is 117 cm³/mol. The molecular weight excluding hydrogens is 394 g/mol. The van der Waals surface area contributed by atoms with Crippen LogP contribution in [0.3, 0.4) is 0 Å². The summed E-state index contributed by atoms with van der Waals surface area (Å²) in [5.41, 5.74) is 3.72. The van der Waals surface area contributed by atoms with Crippen LogP contribution in [0, 0.1) is 0 Å². The molecule has 0 aliphatic carbocycles. The molecule has 1 aliphatic rings. The Morgan fingerprint density at radius 3 is 3.04 bits per heavy atom. The molecule has 1 aliphatic heterocycles. The maximum absolute atomic E-state index is 5.90. The molecule has 0 amide bonds. The zero-order valence-corrected chi connectivity index (χ0v) is 17.5. The average Bonchev–Trinajstić information content (AvgIpc) is 3.40. The molecule has 6 nitrogen and oxygen atoms in total. The molecule has 0 spiro atoms.